The van der Waals surface area contributed by atoms with Gasteiger partial charge in [-0.05, 0) is 59.3 Å². The van der Waals surface area contributed by atoms with E-state index in [2.05, 4.69) is 35.9 Å². The number of aromatic nitrogens is 4. The van der Waals surface area contributed by atoms with Gasteiger partial charge >= 0.3 is 0 Å². The van der Waals surface area contributed by atoms with Crippen LogP contribution in [0.1, 0.15) is 35.4 Å². The van der Waals surface area contributed by atoms with E-state index < -0.39 is 5.82 Å². The Balaban J connectivity index is 1.44. The average Bonchev–Trinajstić information content (AvgIpc) is 3.33. The monoisotopic (exact) mass is 467 g/mol. The summed E-state index contributed by atoms with van der Waals surface area (Å²) in [6.45, 7) is 0. The first kappa shape index (κ1) is 19.2. The fourth-order valence-electron chi connectivity index (χ4n) is 4.82. The van der Waals surface area contributed by atoms with E-state index in [0.717, 1.165) is 36.0 Å². The van der Waals surface area contributed by atoms with Crippen molar-refractivity contribution in [1.82, 2.24) is 24.8 Å². The van der Waals surface area contributed by atoms with Gasteiger partial charge < -0.3 is 4.90 Å². The Morgan fingerprint density at radius 2 is 1.87 bits per heavy atom. The summed E-state index contributed by atoms with van der Waals surface area (Å²) in [7, 11) is 0. The van der Waals surface area contributed by atoms with Crippen molar-refractivity contribution in [1.29, 1.82) is 0 Å². The second kappa shape index (κ2) is 7.83. The maximum absolute atomic E-state index is 14.7. The summed E-state index contributed by atoms with van der Waals surface area (Å²) in [5.41, 5.74) is 0.487. The number of hydrogen-bond donors (Lipinski definition) is 0. The van der Waals surface area contributed by atoms with E-state index in [-0.39, 0.29) is 29.4 Å². The van der Waals surface area contributed by atoms with Crippen molar-refractivity contribution in [2.45, 2.75) is 37.8 Å². The first-order valence-electron chi connectivity index (χ1n) is 9.97. The molecule has 0 aliphatic carbocycles. The van der Waals surface area contributed by atoms with Crippen LogP contribution in [0.3, 0.4) is 0 Å². The van der Waals surface area contributed by atoms with Gasteiger partial charge in [-0.25, -0.2) is 24.3 Å². The van der Waals surface area contributed by atoms with Gasteiger partial charge in [-0.1, -0.05) is 6.07 Å². The first-order valence-corrected chi connectivity index (χ1v) is 10.8. The zero-order chi connectivity index (χ0) is 20.7. The number of hydrogen-bond acceptors (Lipinski definition) is 5. The fourth-order valence-corrected chi connectivity index (χ4v) is 5.03. The van der Waals surface area contributed by atoms with Gasteiger partial charge in [0.25, 0.3) is 5.91 Å². The first-order chi connectivity index (χ1) is 14.6. The van der Waals surface area contributed by atoms with E-state index in [1.807, 2.05) is 4.90 Å². The van der Waals surface area contributed by atoms with Crippen LogP contribution in [0.25, 0.3) is 11.4 Å². The van der Waals surface area contributed by atoms with Gasteiger partial charge in [0.05, 0.1) is 15.6 Å². The molecule has 6 nitrogen and oxygen atoms in total. The smallest absolute Gasteiger partial charge is 0.255 e. The van der Waals surface area contributed by atoms with Crippen molar-refractivity contribution in [2.75, 3.05) is 0 Å². The minimum Gasteiger partial charge on any atom is -0.332 e. The van der Waals surface area contributed by atoms with Gasteiger partial charge in [0.15, 0.2) is 5.82 Å². The van der Waals surface area contributed by atoms with Crippen LogP contribution in [0, 0.1) is 11.7 Å². The average molecular weight is 468 g/mol. The van der Waals surface area contributed by atoms with E-state index >= 15 is 0 Å². The normalized spacial score (nSPS) is 22.5. The number of rotatable bonds is 4. The molecule has 2 aromatic heterocycles. The third kappa shape index (κ3) is 3.39. The maximum Gasteiger partial charge on any atom is 0.255 e. The van der Waals surface area contributed by atoms with Crippen molar-refractivity contribution >= 4 is 21.8 Å². The standard InChI is InChI=1S/C22H19BrFN5O/c23-14-11-27-19(28-12-14)10-13-9-15-5-6-18(13)29(15)22(30)16-3-1-4-17(24)20(16)21-25-7-2-8-26-21/h1-4,7-8,11-13,15,18H,5-6,9-10H2. The van der Waals surface area contributed by atoms with E-state index in [4.69, 9.17) is 0 Å². The van der Waals surface area contributed by atoms with E-state index in [0.29, 0.717) is 11.5 Å². The van der Waals surface area contributed by atoms with Gasteiger partial charge in [0.1, 0.15) is 11.6 Å². The molecular weight excluding hydrogens is 449 g/mol. The maximum atomic E-state index is 14.7. The van der Waals surface area contributed by atoms with Gasteiger partial charge in [-0.3, -0.25) is 4.79 Å². The molecule has 0 radical (unpaired) electrons. The van der Waals surface area contributed by atoms with Crippen LogP contribution in [-0.4, -0.2) is 42.8 Å². The highest BCUT2D eigenvalue weighted by molar-refractivity contribution is 9.10. The second-order valence-electron chi connectivity index (χ2n) is 7.76. The molecule has 2 fully saturated rings. The number of nitrogens with zero attached hydrogens (tertiary/aromatic N) is 5. The Hall–Kier alpha value is -2.74. The molecule has 8 heteroatoms. The van der Waals surface area contributed by atoms with Crippen LogP contribution >= 0.6 is 15.9 Å². The van der Waals surface area contributed by atoms with Gasteiger partial charge in [0.2, 0.25) is 0 Å². The minimum absolute atomic E-state index is 0.113. The molecule has 2 bridgehead atoms. The van der Waals surface area contributed by atoms with E-state index in [1.165, 1.54) is 6.07 Å². The largest absolute Gasteiger partial charge is 0.332 e. The van der Waals surface area contributed by atoms with E-state index in [9.17, 15) is 9.18 Å². The fraction of sp³-hybridized carbons (Fsp3) is 0.318. The third-order valence-corrected chi connectivity index (χ3v) is 6.46. The van der Waals surface area contributed by atoms with Crippen molar-refractivity contribution in [2.24, 2.45) is 5.92 Å². The summed E-state index contributed by atoms with van der Waals surface area (Å²) in [6.07, 6.45) is 10.2. The molecular formula is C22H19BrFN5O. The Kier molecular flexibility index (Phi) is 5.02. The van der Waals surface area contributed by atoms with Gasteiger partial charge in [-0.15, -0.1) is 0 Å². The van der Waals surface area contributed by atoms with Gasteiger partial charge in [-0.2, -0.15) is 0 Å². The lowest BCUT2D eigenvalue weighted by molar-refractivity contribution is 0.0719. The summed E-state index contributed by atoms with van der Waals surface area (Å²) in [4.78, 5) is 32.6. The predicted molar refractivity (Wildman–Crippen MR) is 112 cm³/mol. The Morgan fingerprint density at radius 1 is 1.10 bits per heavy atom. The molecule has 1 aromatic carbocycles. The highest BCUT2D eigenvalue weighted by atomic mass is 79.9. The topological polar surface area (TPSA) is 71.9 Å². The molecule has 0 N–H and O–H groups in total. The quantitative estimate of drug-likeness (QED) is 0.578. The molecule has 3 atom stereocenters. The van der Waals surface area contributed by atoms with Crippen molar-refractivity contribution in [3.63, 3.8) is 0 Å². The summed E-state index contributed by atoms with van der Waals surface area (Å²) >= 11 is 3.36. The SMILES string of the molecule is O=C(c1cccc(F)c1-c1ncccn1)N1C2CCC1C(Cc1ncc(Br)cn1)C2. The van der Waals surface area contributed by atoms with Crippen LogP contribution in [0.5, 0.6) is 0 Å². The molecule has 5 rings (SSSR count). The van der Waals surface area contributed by atoms with Crippen LogP contribution in [0.15, 0.2) is 53.5 Å². The van der Waals surface area contributed by atoms with Crippen LogP contribution in [-0.2, 0) is 6.42 Å². The van der Waals surface area contributed by atoms with Crippen molar-refractivity contribution in [3.05, 3.63) is 70.7 Å². The number of carbonyl (C=O) groups excluding carboxylic acids is 1. The number of amides is 1. The van der Waals surface area contributed by atoms with Crippen molar-refractivity contribution in [3.8, 4) is 11.4 Å². The van der Waals surface area contributed by atoms with Crippen LogP contribution < -0.4 is 0 Å². The number of carbonyl (C=O) groups is 1. The Morgan fingerprint density at radius 3 is 2.63 bits per heavy atom. The molecule has 0 saturated carbocycles. The van der Waals surface area contributed by atoms with E-state index in [1.54, 1.807) is 43.0 Å². The molecule has 2 aliphatic heterocycles. The highest BCUT2D eigenvalue weighted by Crippen LogP contribution is 2.44. The third-order valence-electron chi connectivity index (χ3n) is 6.05. The lowest BCUT2D eigenvalue weighted by Crippen LogP contribution is -2.37. The van der Waals surface area contributed by atoms with Gasteiger partial charge in [0, 0.05) is 43.3 Å². The Bertz CT molecular complexity index is 1080. The molecule has 4 heterocycles. The summed E-state index contributed by atoms with van der Waals surface area (Å²) in [6, 6.07) is 6.52. The molecule has 1 amide bonds. The van der Waals surface area contributed by atoms with Crippen LogP contribution in [0.2, 0.25) is 0 Å². The highest BCUT2D eigenvalue weighted by Gasteiger charge is 2.49. The predicted octanol–water partition coefficient (Wildman–Crippen LogP) is 4.07. The summed E-state index contributed by atoms with van der Waals surface area (Å²) < 4.78 is 15.6. The second-order valence-corrected chi connectivity index (χ2v) is 8.68. The number of benzene rings is 1. The molecule has 2 saturated heterocycles. The Labute approximate surface area is 181 Å². The lowest BCUT2D eigenvalue weighted by atomic mass is 9.86. The zero-order valence-corrected chi connectivity index (χ0v) is 17.7. The molecule has 3 unspecified atom stereocenters. The van der Waals surface area contributed by atoms with Crippen molar-refractivity contribution < 1.29 is 9.18 Å². The molecule has 3 aromatic rings. The summed E-state index contributed by atoms with van der Waals surface area (Å²) in [5, 5.41) is 0. The summed E-state index contributed by atoms with van der Waals surface area (Å²) in [5.74, 6) is 0.679. The molecule has 30 heavy (non-hydrogen) atoms. The minimum atomic E-state index is -0.488. The van der Waals surface area contributed by atoms with Crippen LogP contribution in [0.4, 0.5) is 4.39 Å². The number of halogens is 2. The lowest BCUT2D eigenvalue weighted by Gasteiger charge is -2.25. The number of fused-ring (bicyclic) bond motifs is 2. The molecule has 2 aliphatic rings. The zero-order valence-electron chi connectivity index (χ0n) is 16.1. The molecule has 0 spiro atoms. The molecule has 152 valence electrons.